The van der Waals surface area contributed by atoms with Crippen LogP contribution in [-0.2, 0) is 10.1 Å². The van der Waals surface area contributed by atoms with E-state index in [4.69, 9.17) is 26.2 Å². The molecule has 3 aromatic rings. The van der Waals surface area contributed by atoms with Gasteiger partial charge in [-0.25, -0.2) is 0 Å². The first-order valence-corrected chi connectivity index (χ1v) is 13.1. The Labute approximate surface area is 218 Å². The Kier molecular flexibility index (Phi) is 17.3. The molecule has 0 saturated carbocycles. The van der Waals surface area contributed by atoms with E-state index in [-0.39, 0.29) is 12.0 Å². The highest BCUT2D eigenvalue weighted by molar-refractivity contribution is 6.32. The van der Waals surface area contributed by atoms with Crippen LogP contribution >= 0.6 is 0 Å². The van der Waals surface area contributed by atoms with Gasteiger partial charge >= 0.3 is 7.32 Å². The molecule has 36 heavy (non-hydrogen) atoms. The van der Waals surface area contributed by atoms with E-state index < -0.39 is 7.32 Å². The Balaban J connectivity index is 0.000000550. The minimum atomic E-state index is -1.73. The summed E-state index contributed by atoms with van der Waals surface area (Å²) in [6.45, 7) is 6.23. The predicted molar refractivity (Wildman–Crippen MR) is 153 cm³/mol. The molecule has 6 N–H and O–H groups in total. The SMILES string of the molecule is CCCCN.CCCCN.OB(O)OCCCC(c1ccccc1)(c1ccccc1)c1ccccc1. The maximum absolute atomic E-state index is 8.97. The number of rotatable bonds is 12. The van der Waals surface area contributed by atoms with Crippen LogP contribution in [0.2, 0.25) is 0 Å². The zero-order valence-electron chi connectivity index (χ0n) is 22.1. The second kappa shape index (κ2) is 19.7. The molecule has 0 aromatic heterocycles. The van der Waals surface area contributed by atoms with Crippen LogP contribution in [0.4, 0.5) is 0 Å². The van der Waals surface area contributed by atoms with Crippen LogP contribution < -0.4 is 11.5 Å². The summed E-state index contributed by atoms with van der Waals surface area (Å²) in [5.41, 5.74) is 13.6. The van der Waals surface area contributed by atoms with Crippen molar-refractivity contribution < 1.29 is 14.7 Å². The van der Waals surface area contributed by atoms with Gasteiger partial charge in [-0.3, -0.25) is 0 Å². The lowest BCUT2D eigenvalue weighted by Gasteiger charge is -2.36. The van der Waals surface area contributed by atoms with Gasteiger partial charge in [-0.1, -0.05) is 118 Å². The Morgan fingerprint density at radius 1 is 0.639 bits per heavy atom. The maximum Gasteiger partial charge on any atom is 0.633 e. The summed E-state index contributed by atoms with van der Waals surface area (Å²) < 4.78 is 4.96. The molecule has 0 unspecified atom stereocenters. The monoisotopic (exact) mass is 492 g/mol. The van der Waals surface area contributed by atoms with E-state index in [0.717, 1.165) is 19.5 Å². The lowest BCUT2D eigenvalue weighted by molar-refractivity contribution is 0.179. The molecule has 0 spiro atoms. The first-order chi connectivity index (χ1) is 17.6. The molecule has 0 saturated heterocycles. The van der Waals surface area contributed by atoms with E-state index >= 15 is 0 Å². The first kappa shape index (κ1) is 31.6. The molecule has 0 fully saturated rings. The Morgan fingerprint density at radius 2 is 1.00 bits per heavy atom. The summed E-state index contributed by atoms with van der Waals surface area (Å²) in [6.07, 6.45) is 6.25. The molecular weight excluding hydrogens is 447 g/mol. The van der Waals surface area contributed by atoms with Gasteiger partial charge in [0, 0.05) is 12.0 Å². The zero-order valence-corrected chi connectivity index (χ0v) is 22.1. The van der Waals surface area contributed by atoms with E-state index in [1.54, 1.807) is 0 Å². The average Bonchev–Trinajstić information content (AvgIpc) is 2.92. The number of nitrogens with two attached hydrogens (primary N) is 2. The summed E-state index contributed by atoms with van der Waals surface area (Å²) in [7, 11) is -1.73. The summed E-state index contributed by atoms with van der Waals surface area (Å²) >= 11 is 0. The fraction of sp³-hybridized carbons (Fsp3) is 0.400. The molecule has 0 atom stereocenters. The Hall–Kier alpha value is -2.48. The van der Waals surface area contributed by atoms with E-state index in [2.05, 4.69) is 86.6 Å². The first-order valence-electron chi connectivity index (χ1n) is 13.1. The minimum Gasteiger partial charge on any atom is -0.402 e. The predicted octanol–water partition coefficient (Wildman–Crippen LogP) is 5.28. The third-order valence-corrected chi connectivity index (χ3v) is 5.88. The molecule has 0 aliphatic carbocycles. The van der Waals surface area contributed by atoms with Gasteiger partial charge in [0.15, 0.2) is 0 Å². The van der Waals surface area contributed by atoms with Crippen LogP contribution in [0.15, 0.2) is 91.0 Å². The molecule has 5 nitrogen and oxygen atoms in total. The molecular formula is C30H45BN2O3. The van der Waals surface area contributed by atoms with Gasteiger partial charge in [0.25, 0.3) is 0 Å². The quantitative estimate of drug-likeness (QED) is 0.157. The standard InChI is InChI=1S/C22H23BO3.2C4H11N/c24-23(25)26-18-10-17-22(19-11-4-1-5-12-19,20-13-6-2-7-14-20)21-15-8-3-9-16-21;2*1-2-3-4-5/h1-9,11-16,24-25H,10,17-18H2;2*2-5H2,1H3. The number of benzene rings is 3. The van der Waals surface area contributed by atoms with Crippen LogP contribution in [0.3, 0.4) is 0 Å². The largest absolute Gasteiger partial charge is 0.633 e. The summed E-state index contributed by atoms with van der Waals surface area (Å²) in [5, 5.41) is 17.9. The van der Waals surface area contributed by atoms with E-state index in [0.29, 0.717) is 6.42 Å². The summed E-state index contributed by atoms with van der Waals surface area (Å²) in [6, 6.07) is 31.4. The van der Waals surface area contributed by atoms with Crippen LogP contribution in [0, 0.1) is 0 Å². The third-order valence-electron chi connectivity index (χ3n) is 5.88. The number of unbranched alkanes of at least 4 members (excludes halogenated alkanes) is 2. The highest BCUT2D eigenvalue weighted by atomic mass is 16.6. The van der Waals surface area contributed by atoms with Crippen molar-refractivity contribution in [1.29, 1.82) is 0 Å². The highest BCUT2D eigenvalue weighted by Gasteiger charge is 2.35. The molecule has 196 valence electrons. The van der Waals surface area contributed by atoms with Gasteiger partial charge in [0.2, 0.25) is 0 Å². The molecule has 3 aromatic carbocycles. The normalized spacial score (nSPS) is 10.5. The van der Waals surface area contributed by atoms with E-state index in [1.807, 2.05) is 18.2 Å². The molecule has 6 heteroatoms. The van der Waals surface area contributed by atoms with Gasteiger partial charge in [-0.15, -0.1) is 0 Å². The van der Waals surface area contributed by atoms with Crippen molar-refractivity contribution in [1.82, 2.24) is 0 Å². The van der Waals surface area contributed by atoms with Gasteiger partial charge in [-0.2, -0.15) is 0 Å². The van der Waals surface area contributed by atoms with Crippen molar-refractivity contribution in [3.8, 4) is 0 Å². The zero-order chi connectivity index (χ0) is 26.5. The van der Waals surface area contributed by atoms with Gasteiger partial charge < -0.3 is 26.2 Å². The minimum absolute atomic E-state index is 0.284. The second-order valence-electron chi connectivity index (χ2n) is 8.59. The molecule has 0 aliphatic heterocycles. The summed E-state index contributed by atoms with van der Waals surface area (Å²) in [4.78, 5) is 0. The van der Waals surface area contributed by atoms with Crippen LogP contribution in [0.1, 0.15) is 69.1 Å². The van der Waals surface area contributed by atoms with Crippen molar-refractivity contribution in [2.24, 2.45) is 11.5 Å². The van der Waals surface area contributed by atoms with Gasteiger partial charge in [0.05, 0.1) is 0 Å². The topological polar surface area (TPSA) is 102 Å². The van der Waals surface area contributed by atoms with E-state index in [1.165, 1.54) is 42.4 Å². The van der Waals surface area contributed by atoms with Crippen molar-refractivity contribution in [2.75, 3.05) is 19.7 Å². The summed E-state index contributed by atoms with van der Waals surface area (Å²) in [5.74, 6) is 0. The molecule has 0 bridgehead atoms. The number of hydrogen-bond acceptors (Lipinski definition) is 5. The average molecular weight is 493 g/mol. The smallest absolute Gasteiger partial charge is 0.402 e. The van der Waals surface area contributed by atoms with Gasteiger partial charge in [0.1, 0.15) is 0 Å². The Bertz CT molecular complexity index is 774. The van der Waals surface area contributed by atoms with Crippen molar-refractivity contribution in [3.05, 3.63) is 108 Å². The lowest BCUT2D eigenvalue weighted by Crippen LogP contribution is -2.30. The van der Waals surface area contributed by atoms with E-state index in [9.17, 15) is 0 Å². The van der Waals surface area contributed by atoms with Crippen LogP contribution in [0.25, 0.3) is 0 Å². The van der Waals surface area contributed by atoms with Gasteiger partial charge in [-0.05, 0) is 55.5 Å². The molecule has 0 amide bonds. The van der Waals surface area contributed by atoms with Crippen molar-refractivity contribution >= 4 is 7.32 Å². The molecule has 0 heterocycles. The fourth-order valence-electron chi connectivity index (χ4n) is 4.04. The van der Waals surface area contributed by atoms with Crippen LogP contribution in [0.5, 0.6) is 0 Å². The Morgan fingerprint density at radius 3 is 1.25 bits per heavy atom. The molecule has 0 radical (unpaired) electrons. The fourth-order valence-corrected chi connectivity index (χ4v) is 4.04. The number of hydrogen-bond donors (Lipinski definition) is 4. The highest BCUT2D eigenvalue weighted by Crippen LogP contribution is 2.42. The van der Waals surface area contributed by atoms with Crippen molar-refractivity contribution in [3.63, 3.8) is 0 Å². The molecule has 3 rings (SSSR count). The maximum atomic E-state index is 8.97. The lowest BCUT2D eigenvalue weighted by atomic mass is 9.67. The van der Waals surface area contributed by atoms with Crippen molar-refractivity contribution in [2.45, 2.75) is 57.8 Å². The molecule has 0 aliphatic rings. The van der Waals surface area contributed by atoms with Crippen LogP contribution in [-0.4, -0.2) is 37.1 Å². The second-order valence-corrected chi connectivity index (χ2v) is 8.59. The third kappa shape index (κ3) is 11.1.